The van der Waals surface area contributed by atoms with E-state index in [0.717, 1.165) is 47.2 Å². The first kappa shape index (κ1) is 18.1. The standard InChI is InChI=1S/C21H22FN3OS/c22-18-8-6-15(7-9-18)14-19-23-24-21(27-19)25-12-10-17(11-13-25)20(26)16-4-2-1-3-5-16/h1-9,17,20,26H,10-14H2. The summed E-state index contributed by atoms with van der Waals surface area (Å²) in [7, 11) is 0. The summed E-state index contributed by atoms with van der Waals surface area (Å²) in [6.45, 7) is 1.75. The second-order valence-electron chi connectivity index (χ2n) is 6.96. The van der Waals surface area contributed by atoms with E-state index in [-0.39, 0.29) is 11.7 Å². The first-order valence-electron chi connectivity index (χ1n) is 9.24. The van der Waals surface area contributed by atoms with Gasteiger partial charge >= 0.3 is 0 Å². The molecule has 0 bridgehead atoms. The summed E-state index contributed by atoms with van der Waals surface area (Å²) in [4.78, 5) is 2.25. The minimum atomic E-state index is -0.406. The highest BCUT2D eigenvalue weighted by Gasteiger charge is 2.27. The van der Waals surface area contributed by atoms with Gasteiger partial charge < -0.3 is 10.0 Å². The SMILES string of the molecule is OC(c1ccccc1)C1CCN(c2nnc(Cc3ccc(F)cc3)s2)CC1. The predicted molar refractivity (Wildman–Crippen MR) is 105 cm³/mol. The lowest BCUT2D eigenvalue weighted by molar-refractivity contribution is 0.0929. The van der Waals surface area contributed by atoms with Crippen molar-refractivity contribution in [3.05, 3.63) is 76.5 Å². The zero-order valence-electron chi connectivity index (χ0n) is 15.0. The van der Waals surface area contributed by atoms with Crippen molar-refractivity contribution in [1.82, 2.24) is 10.2 Å². The molecule has 4 rings (SSSR count). The van der Waals surface area contributed by atoms with Crippen molar-refractivity contribution in [3.8, 4) is 0 Å². The van der Waals surface area contributed by atoms with Gasteiger partial charge in [-0.3, -0.25) is 0 Å². The summed E-state index contributed by atoms with van der Waals surface area (Å²) in [5.41, 5.74) is 2.03. The number of piperidine rings is 1. The molecule has 2 heterocycles. The number of halogens is 1. The first-order valence-corrected chi connectivity index (χ1v) is 10.1. The van der Waals surface area contributed by atoms with Crippen molar-refractivity contribution in [2.24, 2.45) is 5.92 Å². The van der Waals surface area contributed by atoms with E-state index >= 15 is 0 Å². The van der Waals surface area contributed by atoms with E-state index in [1.54, 1.807) is 23.5 Å². The number of benzene rings is 2. The van der Waals surface area contributed by atoms with Crippen molar-refractivity contribution >= 4 is 16.5 Å². The fourth-order valence-corrected chi connectivity index (χ4v) is 4.47. The third-order valence-electron chi connectivity index (χ3n) is 5.12. The van der Waals surface area contributed by atoms with Crippen LogP contribution < -0.4 is 4.90 Å². The molecule has 3 aromatic rings. The molecule has 1 aliphatic heterocycles. The van der Waals surface area contributed by atoms with Crippen LogP contribution in [0.4, 0.5) is 9.52 Å². The van der Waals surface area contributed by atoms with Gasteiger partial charge in [-0.2, -0.15) is 0 Å². The Morgan fingerprint density at radius 1 is 1.04 bits per heavy atom. The van der Waals surface area contributed by atoms with Crippen LogP contribution in [0.2, 0.25) is 0 Å². The summed E-state index contributed by atoms with van der Waals surface area (Å²) in [6, 6.07) is 16.4. The van der Waals surface area contributed by atoms with E-state index in [4.69, 9.17) is 0 Å². The van der Waals surface area contributed by atoms with Crippen molar-refractivity contribution in [1.29, 1.82) is 0 Å². The molecule has 0 saturated carbocycles. The molecule has 0 amide bonds. The quantitative estimate of drug-likeness (QED) is 0.717. The van der Waals surface area contributed by atoms with Crippen LogP contribution in [0.1, 0.15) is 35.1 Å². The summed E-state index contributed by atoms with van der Waals surface area (Å²) >= 11 is 1.59. The van der Waals surface area contributed by atoms with Gasteiger partial charge in [-0.25, -0.2) is 4.39 Å². The van der Waals surface area contributed by atoms with Gasteiger partial charge in [0.25, 0.3) is 0 Å². The normalized spacial score (nSPS) is 16.4. The van der Waals surface area contributed by atoms with E-state index < -0.39 is 6.10 Å². The van der Waals surface area contributed by atoms with E-state index in [1.807, 2.05) is 30.3 Å². The lowest BCUT2D eigenvalue weighted by Crippen LogP contribution is -2.35. The number of anilines is 1. The van der Waals surface area contributed by atoms with Crippen LogP contribution in [-0.2, 0) is 6.42 Å². The second-order valence-corrected chi connectivity index (χ2v) is 8.00. The number of aliphatic hydroxyl groups excluding tert-OH is 1. The third-order valence-corrected chi connectivity index (χ3v) is 6.11. The molecule has 27 heavy (non-hydrogen) atoms. The summed E-state index contributed by atoms with van der Waals surface area (Å²) in [5.74, 6) is 0.0486. The van der Waals surface area contributed by atoms with Crippen molar-refractivity contribution in [2.75, 3.05) is 18.0 Å². The number of rotatable bonds is 5. The molecule has 0 radical (unpaired) electrons. The zero-order chi connectivity index (χ0) is 18.6. The lowest BCUT2D eigenvalue weighted by atomic mass is 9.87. The minimum Gasteiger partial charge on any atom is -0.388 e. The lowest BCUT2D eigenvalue weighted by Gasteiger charge is -2.34. The van der Waals surface area contributed by atoms with Gasteiger partial charge in [0.15, 0.2) is 0 Å². The Labute approximate surface area is 162 Å². The largest absolute Gasteiger partial charge is 0.388 e. The monoisotopic (exact) mass is 383 g/mol. The fraction of sp³-hybridized carbons (Fsp3) is 0.333. The smallest absolute Gasteiger partial charge is 0.208 e. The average Bonchev–Trinajstić information content (AvgIpc) is 3.18. The Balaban J connectivity index is 1.34. The minimum absolute atomic E-state index is 0.225. The molecule has 1 unspecified atom stereocenters. The van der Waals surface area contributed by atoms with Crippen LogP contribution in [0.25, 0.3) is 0 Å². The molecule has 2 aromatic carbocycles. The summed E-state index contributed by atoms with van der Waals surface area (Å²) in [5, 5.41) is 21.1. The zero-order valence-corrected chi connectivity index (χ0v) is 15.8. The van der Waals surface area contributed by atoms with Crippen LogP contribution in [0.15, 0.2) is 54.6 Å². The molecule has 4 nitrogen and oxygen atoms in total. The van der Waals surface area contributed by atoms with Gasteiger partial charge in [-0.1, -0.05) is 53.8 Å². The Morgan fingerprint density at radius 2 is 1.74 bits per heavy atom. The van der Waals surface area contributed by atoms with Gasteiger partial charge in [-0.05, 0) is 42.0 Å². The predicted octanol–water partition coefficient (Wildman–Crippen LogP) is 4.22. The van der Waals surface area contributed by atoms with Crippen LogP contribution in [-0.4, -0.2) is 28.4 Å². The van der Waals surface area contributed by atoms with Gasteiger partial charge in [0.1, 0.15) is 10.8 Å². The first-order chi connectivity index (χ1) is 13.2. The molecule has 1 fully saturated rings. The molecule has 1 aliphatic rings. The van der Waals surface area contributed by atoms with Gasteiger partial charge in [0, 0.05) is 19.5 Å². The fourth-order valence-electron chi connectivity index (χ4n) is 3.55. The second kappa shape index (κ2) is 8.15. The Morgan fingerprint density at radius 3 is 2.44 bits per heavy atom. The highest BCUT2D eigenvalue weighted by atomic mass is 32.1. The molecular weight excluding hydrogens is 361 g/mol. The van der Waals surface area contributed by atoms with E-state index in [0.29, 0.717) is 6.42 Å². The molecule has 0 aliphatic carbocycles. The molecular formula is C21H22FN3OS. The Kier molecular flexibility index (Phi) is 5.45. The highest BCUT2D eigenvalue weighted by Crippen LogP contribution is 2.33. The number of hydrogen-bond acceptors (Lipinski definition) is 5. The molecule has 6 heteroatoms. The maximum absolute atomic E-state index is 13.0. The third kappa shape index (κ3) is 4.34. The molecule has 1 saturated heterocycles. The topological polar surface area (TPSA) is 49.2 Å². The number of aromatic nitrogens is 2. The van der Waals surface area contributed by atoms with Crippen LogP contribution in [0, 0.1) is 11.7 Å². The summed E-state index contributed by atoms with van der Waals surface area (Å²) in [6.07, 6.45) is 2.13. The maximum Gasteiger partial charge on any atom is 0.208 e. The van der Waals surface area contributed by atoms with Crippen molar-refractivity contribution in [2.45, 2.75) is 25.4 Å². The number of nitrogens with zero attached hydrogens (tertiary/aromatic N) is 3. The van der Waals surface area contributed by atoms with Crippen LogP contribution in [0.3, 0.4) is 0 Å². The Bertz CT molecular complexity index is 861. The van der Waals surface area contributed by atoms with Gasteiger partial charge in [-0.15, -0.1) is 10.2 Å². The van der Waals surface area contributed by atoms with Gasteiger partial charge in [0.05, 0.1) is 6.10 Å². The van der Waals surface area contributed by atoms with Crippen LogP contribution in [0.5, 0.6) is 0 Å². The Hall–Kier alpha value is -2.31. The number of aliphatic hydroxyl groups is 1. The van der Waals surface area contributed by atoms with Crippen LogP contribution >= 0.6 is 11.3 Å². The molecule has 1 atom stereocenters. The summed E-state index contributed by atoms with van der Waals surface area (Å²) < 4.78 is 13.0. The molecule has 1 aromatic heterocycles. The molecule has 140 valence electrons. The average molecular weight is 383 g/mol. The number of hydrogen-bond donors (Lipinski definition) is 1. The van der Waals surface area contributed by atoms with Crippen molar-refractivity contribution < 1.29 is 9.50 Å². The highest BCUT2D eigenvalue weighted by molar-refractivity contribution is 7.15. The van der Waals surface area contributed by atoms with E-state index in [2.05, 4.69) is 15.1 Å². The molecule has 0 spiro atoms. The molecule has 1 N–H and O–H groups in total. The van der Waals surface area contributed by atoms with Crippen molar-refractivity contribution in [3.63, 3.8) is 0 Å². The van der Waals surface area contributed by atoms with Gasteiger partial charge in [0.2, 0.25) is 5.13 Å². The van der Waals surface area contributed by atoms with E-state index in [1.165, 1.54) is 12.1 Å². The maximum atomic E-state index is 13.0. The van der Waals surface area contributed by atoms with E-state index in [9.17, 15) is 9.50 Å².